The molecule has 13 aromatic rings. The molecule has 13 rings (SSSR count). The fourth-order valence-corrected chi connectivity index (χ4v) is 15.9. The second-order valence-electron chi connectivity index (χ2n) is 17.3. The topological polar surface area (TPSA) is 14.8 Å². The number of hydrogen-bond acceptors (Lipinski definition) is 0. The van der Waals surface area contributed by atoms with Gasteiger partial charge in [-0.05, 0) is 93.9 Å². The zero-order valence-corrected chi connectivity index (χ0v) is 36.9. The molecule has 0 N–H and O–H groups in total. The van der Waals surface area contributed by atoms with Crippen LogP contribution in [0.3, 0.4) is 0 Å². The molecule has 0 aliphatic carbocycles. The van der Waals surface area contributed by atoms with Gasteiger partial charge in [0.15, 0.2) is 8.07 Å². The van der Waals surface area contributed by atoms with Gasteiger partial charge in [-0.1, -0.05) is 182 Å². The first-order valence-corrected chi connectivity index (χ1v) is 24.5. The van der Waals surface area contributed by atoms with Crippen LogP contribution in [0.5, 0.6) is 0 Å². The lowest BCUT2D eigenvalue weighted by molar-refractivity contribution is 1.15. The van der Waals surface area contributed by atoms with Crippen molar-refractivity contribution < 1.29 is 0 Å². The third-order valence-corrected chi connectivity index (χ3v) is 18.6. The van der Waals surface area contributed by atoms with Gasteiger partial charge in [0.05, 0.1) is 38.8 Å². The number of nitrogens with zero attached hydrogens (tertiary/aromatic N) is 3. The van der Waals surface area contributed by atoms with Gasteiger partial charge in [-0.15, -0.1) is 0 Å². The van der Waals surface area contributed by atoms with E-state index in [4.69, 9.17) is 0 Å². The van der Waals surface area contributed by atoms with Gasteiger partial charge < -0.3 is 13.7 Å². The van der Waals surface area contributed by atoms with E-state index >= 15 is 0 Å². The van der Waals surface area contributed by atoms with Crippen LogP contribution in [-0.4, -0.2) is 21.8 Å². The van der Waals surface area contributed by atoms with Gasteiger partial charge in [0.25, 0.3) is 0 Å². The van der Waals surface area contributed by atoms with E-state index in [1.165, 1.54) is 97.4 Å². The molecule has 0 saturated heterocycles. The molecule has 0 aliphatic heterocycles. The van der Waals surface area contributed by atoms with Gasteiger partial charge in [-0.25, -0.2) is 0 Å². The minimum Gasteiger partial charge on any atom is -0.309 e. The summed E-state index contributed by atoms with van der Waals surface area (Å²) < 4.78 is 7.41. The van der Waals surface area contributed by atoms with E-state index in [-0.39, 0.29) is 0 Å². The first-order valence-electron chi connectivity index (χ1n) is 22.5. The molecule has 0 spiro atoms. The molecule has 0 radical (unpaired) electrons. The number of para-hydroxylation sites is 3. The van der Waals surface area contributed by atoms with Crippen LogP contribution in [0.25, 0.3) is 82.5 Å². The van der Waals surface area contributed by atoms with E-state index in [9.17, 15) is 0 Å². The molecule has 3 nitrogen and oxygen atoms in total. The standard InChI is InChI=1S/C61H43N3Si/c1-42-32-38-51-50-25-12-15-28-55(50)64(59(51)40-42)58-31-17-30-57-61(58)53-26-13-16-29-56(53)63(57)44-35-39-52-49-24-11-14-27-54(49)62(60(52)41-44)43-33-36-48(37-34-43)65(45-18-5-2-6-19-45,46-20-7-3-8-21-46)47-22-9-4-10-23-47/h2-41H,1H3. The first-order chi connectivity index (χ1) is 32.2. The highest BCUT2D eigenvalue weighted by atomic mass is 28.3. The molecule has 0 unspecified atom stereocenters. The second-order valence-corrected chi connectivity index (χ2v) is 21.2. The Kier molecular flexibility index (Phi) is 8.45. The van der Waals surface area contributed by atoms with Crippen molar-refractivity contribution in [3.8, 4) is 17.1 Å². The van der Waals surface area contributed by atoms with E-state index in [0.29, 0.717) is 0 Å². The molecule has 4 heteroatoms. The molecule has 0 amide bonds. The summed E-state index contributed by atoms with van der Waals surface area (Å²) in [6, 6.07) is 90.3. The lowest BCUT2D eigenvalue weighted by Crippen LogP contribution is -2.74. The van der Waals surface area contributed by atoms with Crippen molar-refractivity contribution in [1.29, 1.82) is 0 Å². The van der Waals surface area contributed by atoms with Crippen LogP contribution in [0.15, 0.2) is 243 Å². The summed E-state index contributed by atoms with van der Waals surface area (Å²) in [4.78, 5) is 0. The van der Waals surface area contributed by atoms with Crippen molar-refractivity contribution >= 4 is 94.2 Å². The Labute approximate surface area is 378 Å². The van der Waals surface area contributed by atoms with E-state index in [1.54, 1.807) is 0 Å². The zero-order valence-electron chi connectivity index (χ0n) is 35.9. The number of benzene rings is 10. The Bertz CT molecular complexity index is 3840. The zero-order chi connectivity index (χ0) is 43.1. The lowest BCUT2D eigenvalue weighted by atomic mass is 10.1. The largest absolute Gasteiger partial charge is 0.309 e. The number of hydrogen-bond donors (Lipinski definition) is 0. The third-order valence-electron chi connectivity index (χ3n) is 13.8. The van der Waals surface area contributed by atoms with Crippen LogP contribution in [0, 0.1) is 6.92 Å². The Morgan fingerprint density at radius 1 is 0.277 bits per heavy atom. The highest BCUT2D eigenvalue weighted by molar-refractivity contribution is 7.19. The summed E-state index contributed by atoms with van der Waals surface area (Å²) >= 11 is 0. The summed E-state index contributed by atoms with van der Waals surface area (Å²) in [6.45, 7) is 2.19. The molecule has 0 aliphatic rings. The number of rotatable bonds is 7. The normalized spacial score (nSPS) is 12.1. The molecule has 65 heavy (non-hydrogen) atoms. The highest BCUT2D eigenvalue weighted by Crippen LogP contribution is 2.41. The maximum Gasteiger partial charge on any atom is 0.179 e. The van der Waals surface area contributed by atoms with Gasteiger partial charge in [0.2, 0.25) is 0 Å². The van der Waals surface area contributed by atoms with Crippen molar-refractivity contribution in [2.24, 2.45) is 0 Å². The van der Waals surface area contributed by atoms with Crippen LogP contribution < -0.4 is 20.7 Å². The quantitative estimate of drug-likeness (QED) is 0.112. The van der Waals surface area contributed by atoms with Crippen LogP contribution >= 0.6 is 0 Å². The lowest BCUT2D eigenvalue weighted by Gasteiger charge is -2.34. The molecule has 10 aromatic carbocycles. The first kappa shape index (κ1) is 37.4. The van der Waals surface area contributed by atoms with Crippen molar-refractivity contribution in [2.75, 3.05) is 0 Å². The Balaban J connectivity index is 1.03. The summed E-state index contributed by atoms with van der Waals surface area (Å²) in [7, 11) is -2.69. The smallest absolute Gasteiger partial charge is 0.179 e. The summed E-state index contributed by atoms with van der Waals surface area (Å²) in [6.07, 6.45) is 0. The van der Waals surface area contributed by atoms with E-state index in [2.05, 4.69) is 263 Å². The molecule has 3 aromatic heterocycles. The van der Waals surface area contributed by atoms with E-state index in [1.807, 2.05) is 0 Å². The van der Waals surface area contributed by atoms with Crippen LogP contribution in [0.1, 0.15) is 5.56 Å². The van der Waals surface area contributed by atoms with Crippen LogP contribution in [0.4, 0.5) is 0 Å². The minimum absolute atomic E-state index is 1.13. The van der Waals surface area contributed by atoms with Crippen molar-refractivity contribution in [2.45, 2.75) is 6.92 Å². The monoisotopic (exact) mass is 845 g/mol. The number of aromatic nitrogens is 3. The van der Waals surface area contributed by atoms with E-state index in [0.717, 1.165) is 11.4 Å². The third kappa shape index (κ3) is 5.54. The average Bonchev–Trinajstić information content (AvgIpc) is 4.01. The van der Waals surface area contributed by atoms with Gasteiger partial charge in [0, 0.05) is 43.7 Å². The Hall–Kier alpha value is -8.18. The van der Waals surface area contributed by atoms with Crippen LogP contribution in [0.2, 0.25) is 0 Å². The fraction of sp³-hybridized carbons (Fsp3) is 0.0164. The van der Waals surface area contributed by atoms with Crippen molar-refractivity contribution in [3.63, 3.8) is 0 Å². The van der Waals surface area contributed by atoms with Gasteiger partial charge in [0.1, 0.15) is 0 Å². The summed E-state index contributed by atoms with van der Waals surface area (Å²) in [5.41, 5.74) is 11.9. The summed E-state index contributed by atoms with van der Waals surface area (Å²) in [5, 5.41) is 12.9. The number of fused-ring (bicyclic) bond motifs is 9. The molecule has 306 valence electrons. The average molecular weight is 846 g/mol. The number of aryl methyl sites for hydroxylation is 1. The molecule has 3 heterocycles. The molecule has 0 bridgehead atoms. The molecule has 0 saturated carbocycles. The highest BCUT2D eigenvalue weighted by Gasteiger charge is 2.41. The molecule has 0 atom stereocenters. The fourth-order valence-electron chi connectivity index (χ4n) is 11.1. The van der Waals surface area contributed by atoms with Gasteiger partial charge in [-0.3, -0.25) is 0 Å². The summed E-state index contributed by atoms with van der Waals surface area (Å²) in [5.74, 6) is 0. The molecular weight excluding hydrogens is 803 g/mol. The molecular formula is C61H43N3Si. The van der Waals surface area contributed by atoms with Crippen molar-refractivity contribution in [1.82, 2.24) is 13.7 Å². The predicted molar refractivity (Wildman–Crippen MR) is 278 cm³/mol. The van der Waals surface area contributed by atoms with Gasteiger partial charge >= 0.3 is 0 Å². The van der Waals surface area contributed by atoms with Crippen LogP contribution in [-0.2, 0) is 0 Å². The van der Waals surface area contributed by atoms with Crippen molar-refractivity contribution in [3.05, 3.63) is 248 Å². The Morgan fingerprint density at radius 3 is 1.29 bits per heavy atom. The maximum absolute atomic E-state index is 2.69. The van der Waals surface area contributed by atoms with E-state index < -0.39 is 8.07 Å². The Morgan fingerprint density at radius 2 is 0.692 bits per heavy atom. The predicted octanol–water partition coefficient (Wildman–Crippen LogP) is 12.7. The maximum atomic E-state index is 2.48. The molecule has 0 fully saturated rings. The SMILES string of the molecule is Cc1ccc2c3ccccc3n(-c3cccc4c3c3ccccc3n4-c3ccc4c5ccccc5n(-c5ccc([Si](c6ccccc6)(c6ccccc6)c6ccccc6)cc5)c4c3)c2c1. The van der Waals surface area contributed by atoms with Gasteiger partial charge in [-0.2, -0.15) is 0 Å². The minimum atomic E-state index is -2.69. The second kappa shape index (κ2) is 14.7.